The topological polar surface area (TPSA) is 38.1 Å². The van der Waals surface area contributed by atoms with Gasteiger partial charge in [-0.15, -0.1) is 0 Å². The Labute approximate surface area is 95.6 Å². The Hall–Kier alpha value is -1.56. The van der Waals surface area contributed by atoms with Crippen LogP contribution < -0.4 is 5.32 Å². The molecule has 0 fully saturated rings. The van der Waals surface area contributed by atoms with Crippen molar-refractivity contribution in [3.8, 4) is 0 Å². The van der Waals surface area contributed by atoms with Gasteiger partial charge < -0.3 is 9.84 Å². The fourth-order valence-electron chi connectivity index (χ4n) is 1.58. The van der Waals surface area contributed by atoms with Gasteiger partial charge in [0.15, 0.2) is 5.76 Å². The van der Waals surface area contributed by atoms with Crippen LogP contribution in [-0.2, 0) is 6.18 Å². The SMILES string of the molecule is CNC(C)c1onc2cc(C(F)(F)F)ccc12. The number of rotatable bonds is 2. The van der Waals surface area contributed by atoms with Gasteiger partial charge in [0, 0.05) is 5.39 Å². The lowest BCUT2D eigenvalue weighted by molar-refractivity contribution is -0.137. The molecule has 0 aliphatic heterocycles. The van der Waals surface area contributed by atoms with E-state index < -0.39 is 11.7 Å². The van der Waals surface area contributed by atoms with E-state index in [1.165, 1.54) is 6.07 Å². The molecule has 1 aromatic heterocycles. The summed E-state index contributed by atoms with van der Waals surface area (Å²) in [5, 5.41) is 7.19. The maximum absolute atomic E-state index is 12.5. The molecule has 6 heteroatoms. The summed E-state index contributed by atoms with van der Waals surface area (Å²) in [4.78, 5) is 0. The first-order valence-electron chi connectivity index (χ1n) is 5.07. The Morgan fingerprint density at radius 2 is 2.06 bits per heavy atom. The van der Waals surface area contributed by atoms with E-state index in [4.69, 9.17) is 4.52 Å². The van der Waals surface area contributed by atoms with Crippen molar-refractivity contribution in [3.63, 3.8) is 0 Å². The number of aromatic nitrogens is 1. The van der Waals surface area contributed by atoms with Crippen LogP contribution in [0.4, 0.5) is 13.2 Å². The molecule has 0 aliphatic carbocycles. The predicted molar refractivity (Wildman–Crippen MR) is 56.5 cm³/mol. The second-order valence-corrected chi connectivity index (χ2v) is 3.79. The standard InChI is InChI=1S/C11H11F3N2O/c1-6(15-2)10-8-4-3-7(11(12,13)14)5-9(8)16-17-10/h3-6,15H,1-2H3. The number of benzene rings is 1. The number of fused-ring (bicyclic) bond motifs is 1. The van der Waals surface area contributed by atoms with Crippen LogP contribution in [0.15, 0.2) is 22.7 Å². The molecule has 0 amide bonds. The average Bonchev–Trinajstić information content (AvgIpc) is 2.69. The van der Waals surface area contributed by atoms with E-state index in [1.807, 2.05) is 6.92 Å². The summed E-state index contributed by atoms with van der Waals surface area (Å²) in [6.07, 6.45) is -4.36. The summed E-state index contributed by atoms with van der Waals surface area (Å²) in [5.74, 6) is 0.538. The molecule has 3 nitrogen and oxygen atoms in total. The first kappa shape index (κ1) is 11.9. The molecule has 1 atom stereocenters. The Balaban J connectivity index is 2.52. The molecule has 17 heavy (non-hydrogen) atoms. The summed E-state index contributed by atoms with van der Waals surface area (Å²) < 4.78 is 42.5. The van der Waals surface area contributed by atoms with Gasteiger partial charge in [-0.25, -0.2) is 0 Å². The van der Waals surface area contributed by atoms with Crippen LogP contribution in [-0.4, -0.2) is 12.2 Å². The molecule has 0 radical (unpaired) electrons. The molecular weight excluding hydrogens is 233 g/mol. The smallest absolute Gasteiger partial charge is 0.358 e. The zero-order valence-corrected chi connectivity index (χ0v) is 9.30. The van der Waals surface area contributed by atoms with Gasteiger partial charge in [0.1, 0.15) is 5.52 Å². The van der Waals surface area contributed by atoms with Crippen molar-refractivity contribution in [1.82, 2.24) is 10.5 Å². The van der Waals surface area contributed by atoms with E-state index in [1.54, 1.807) is 7.05 Å². The quantitative estimate of drug-likeness (QED) is 0.881. The van der Waals surface area contributed by atoms with Crippen molar-refractivity contribution in [2.75, 3.05) is 7.05 Å². The van der Waals surface area contributed by atoms with Gasteiger partial charge in [0.05, 0.1) is 11.6 Å². The number of hydrogen-bond acceptors (Lipinski definition) is 3. The maximum Gasteiger partial charge on any atom is 0.416 e. The molecular formula is C11H11F3N2O. The highest BCUT2D eigenvalue weighted by Gasteiger charge is 2.31. The lowest BCUT2D eigenvalue weighted by Gasteiger charge is -2.07. The Kier molecular flexibility index (Phi) is 2.82. The molecule has 2 aromatic rings. The third-order valence-corrected chi connectivity index (χ3v) is 2.66. The van der Waals surface area contributed by atoms with Crippen LogP contribution in [0.5, 0.6) is 0 Å². The molecule has 1 aromatic carbocycles. The lowest BCUT2D eigenvalue weighted by atomic mass is 10.1. The summed E-state index contributed by atoms with van der Waals surface area (Å²) in [6, 6.07) is 3.31. The molecule has 0 spiro atoms. The van der Waals surface area contributed by atoms with E-state index in [-0.39, 0.29) is 11.6 Å². The van der Waals surface area contributed by atoms with Gasteiger partial charge in [0.2, 0.25) is 0 Å². The largest absolute Gasteiger partial charge is 0.416 e. The number of halogens is 3. The van der Waals surface area contributed by atoms with E-state index in [2.05, 4.69) is 10.5 Å². The van der Waals surface area contributed by atoms with Crippen LogP contribution in [0.3, 0.4) is 0 Å². The summed E-state index contributed by atoms with van der Waals surface area (Å²) in [6.45, 7) is 1.84. The minimum atomic E-state index is -4.36. The first-order valence-corrected chi connectivity index (χ1v) is 5.07. The van der Waals surface area contributed by atoms with Crippen molar-refractivity contribution in [1.29, 1.82) is 0 Å². The van der Waals surface area contributed by atoms with Crippen LogP contribution in [0.2, 0.25) is 0 Å². The second-order valence-electron chi connectivity index (χ2n) is 3.79. The molecule has 1 unspecified atom stereocenters. The summed E-state index contributed by atoms with van der Waals surface area (Å²) in [5.41, 5.74) is -0.501. The van der Waals surface area contributed by atoms with Crippen LogP contribution >= 0.6 is 0 Å². The molecule has 92 valence electrons. The maximum atomic E-state index is 12.5. The molecule has 0 bridgehead atoms. The summed E-state index contributed by atoms with van der Waals surface area (Å²) >= 11 is 0. The Morgan fingerprint density at radius 3 is 2.65 bits per heavy atom. The molecule has 1 N–H and O–H groups in total. The van der Waals surface area contributed by atoms with Gasteiger partial charge in [-0.3, -0.25) is 0 Å². The number of nitrogens with zero attached hydrogens (tertiary/aromatic N) is 1. The second kappa shape index (κ2) is 4.03. The van der Waals surface area contributed by atoms with Gasteiger partial charge in [0.25, 0.3) is 0 Å². The summed E-state index contributed by atoms with van der Waals surface area (Å²) in [7, 11) is 1.74. The van der Waals surface area contributed by atoms with E-state index in [9.17, 15) is 13.2 Å². The van der Waals surface area contributed by atoms with Crippen LogP contribution in [0.1, 0.15) is 24.3 Å². The molecule has 1 heterocycles. The van der Waals surface area contributed by atoms with Crippen LogP contribution in [0.25, 0.3) is 10.9 Å². The first-order chi connectivity index (χ1) is 7.93. The van der Waals surface area contributed by atoms with Crippen molar-refractivity contribution < 1.29 is 17.7 Å². The van der Waals surface area contributed by atoms with E-state index in [0.717, 1.165) is 12.1 Å². The normalized spacial score (nSPS) is 14.2. The van der Waals surface area contributed by atoms with Gasteiger partial charge >= 0.3 is 6.18 Å². The van der Waals surface area contributed by atoms with Crippen molar-refractivity contribution in [2.24, 2.45) is 0 Å². The molecule has 2 rings (SSSR count). The Morgan fingerprint density at radius 1 is 1.35 bits per heavy atom. The van der Waals surface area contributed by atoms with Crippen molar-refractivity contribution in [3.05, 3.63) is 29.5 Å². The molecule has 0 saturated carbocycles. The Bertz CT molecular complexity index is 533. The fraction of sp³-hybridized carbons (Fsp3) is 0.364. The highest BCUT2D eigenvalue weighted by molar-refractivity contribution is 5.81. The zero-order valence-electron chi connectivity index (χ0n) is 9.30. The highest BCUT2D eigenvalue weighted by Crippen LogP contribution is 2.32. The third-order valence-electron chi connectivity index (χ3n) is 2.66. The number of nitrogens with one attached hydrogen (secondary N) is 1. The highest BCUT2D eigenvalue weighted by atomic mass is 19.4. The number of alkyl halides is 3. The van der Waals surface area contributed by atoms with E-state index in [0.29, 0.717) is 11.1 Å². The monoisotopic (exact) mass is 244 g/mol. The minimum Gasteiger partial charge on any atom is -0.358 e. The predicted octanol–water partition coefficient (Wildman–Crippen LogP) is 3.13. The van der Waals surface area contributed by atoms with Crippen LogP contribution in [0, 0.1) is 0 Å². The minimum absolute atomic E-state index is 0.100. The van der Waals surface area contributed by atoms with Gasteiger partial charge in [-0.05, 0) is 32.2 Å². The average molecular weight is 244 g/mol. The van der Waals surface area contributed by atoms with E-state index >= 15 is 0 Å². The van der Waals surface area contributed by atoms with Gasteiger partial charge in [-0.2, -0.15) is 13.2 Å². The lowest BCUT2D eigenvalue weighted by Crippen LogP contribution is -2.11. The zero-order chi connectivity index (χ0) is 12.6. The third kappa shape index (κ3) is 2.12. The number of hydrogen-bond donors (Lipinski definition) is 1. The van der Waals surface area contributed by atoms with Crippen molar-refractivity contribution >= 4 is 10.9 Å². The van der Waals surface area contributed by atoms with Gasteiger partial charge in [-0.1, -0.05) is 5.16 Å². The molecule has 0 aliphatic rings. The van der Waals surface area contributed by atoms with Crippen molar-refractivity contribution in [2.45, 2.75) is 19.1 Å². The fourth-order valence-corrected chi connectivity index (χ4v) is 1.58. The molecule has 0 saturated heterocycles.